The molecule has 1 rings (SSSR count). The largest absolute Gasteiger partial charge is 0.300 e. The minimum Gasteiger partial charge on any atom is -0.300 e. The van der Waals surface area contributed by atoms with Gasteiger partial charge in [-0.25, -0.2) is 0 Å². The fraction of sp³-hybridized carbons (Fsp3) is 0.727. The van der Waals surface area contributed by atoms with Crippen LogP contribution in [0.3, 0.4) is 0 Å². The summed E-state index contributed by atoms with van der Waals surface area (Å²) in [5.41, 5.74) is 0. The average Bonchev–Trinajstić information content (AvgIpc) is 2.15. The molecule has 0 saturated heterocycles. The second-order valence-corrected chi connectivity index (χ2v) is 3.65. The molecule has 0 aromatic rings. The first-order chi connectivity index (χ1) is 5.80. The van der Waals surface area contributed by atoms with Crippen molar-refractivity contribution < 1.29 is 4.79 Å². The predicted octanol–water partition coefficient (Wildman–Crippen LogP) is 3.10. The molecule has 12 heavy (non-hydrogen) atoms. The van der Waals surface area contributed by atoms with E-state index >= 15 is 0 Å². The van der Waals surface area contributed by atoms with Gasteiger partial charge in [-0.2, -0.15) is 0 Å². The molecular formula is C11H18O. The first kappa shape index (κ1) is 9.50. The molecule has 1 heteroatoms. The predicted molar refractivity (Wildman–Crippen MR) is 51.0 cm³/mol. The third-order valence-corrected chi connectivity index (χ3v) is 2.59. The summed E-state index contributed by atoms with van der Waals surface area (Å²) >= 11 is 0. The van der Waals surface area contributed by atoms with Crippen molar-refractivity contribution in [1.29, 1.82) is 0 Å². The van der Waals surface area contributed by atoms with Crippen LogP contribution in [0.15, 0.2) is 12.2 Å². The highest BCUT2D eigenvalue weighted by Gasteiger charge is 2.12. The lowest BCUT2D eigenvalue weighted by Gasteiger charge is -2.09. The SMILES string of the molecule is CC(=O)C1C/C=C\CCCCC1. The van der Waals surface area contributed by atoms with E-state index < -0.39 is 0 Å². The Balaban J connectivity index is 2.44. The van der Waals surface area contributed by atoms with Crippen LogP contribution in [0.5, 0.6) is 0 Å². The number of rotatable bonds is 1. The van der Waals surface area contributed by atoms with E-state index in [0.717, 1.165) is 12.8 Å². The van der Waals surface area contributed by atoms with Gasteiger partial charge in [-0.05, 0) is 32.6 Å². The Kier molecular flexibility index (Phi) is 4.06. The summed E-state index contributed by atoms with van der Waals surface area (Å²) in [5, 5.41) is 0. The van der Waals surface area contributed by atoms with Crippen molar-refractivity contribution in [3.63, 3.8) is 0 Å². The number of carbonyl (C=O) groups is 1. The average molecular weight is 166 g/mol. The van der Waals surface area contributed by atoms with E-state index in [2.05, 4.69) is 12.2 Å². The number of carbonyl (C=O) groups excluding carboxylic acids is 1. The summed E-state index contributed by atoms with van der Waals surface area (Å²) in [7, 11) is 0. The minimum atomic E-state index is 0.305. The van der Waals surface area contributed by atoms with Gasteiger partial charge < -0.3 is 0 Å². The quantitative estimate of drug-likeness (QED) is 0.547. The molecule has 0 aromatic carbocycles. The molecule has 0 aromatic heterocycles. The van der Waals surface area contributed by atoms with Gasteiger partial charge in [0.1, 0.15) is 5.78 Å². The van der Waals surface area contributed by atoms with Crippen LogP contribution >= 0.6 is 0 Å². The van der Waals surface area contributed by atoms with Crippen LogP contribution in [-0.2, 0) is 4.79 Å². The molecule has 0 fully saturated rings. The maximum Gasteiger partial charge on any atom is 0.133 e. The number of hydrogen-bond donors (Lipinski definition) is 0. The smallest absolute Gasteiger partial charge is 0.133 e. The Hall–Kier alpha value is -0.590. The topological polar surface area (TPSA) is 17.1 Å². The molecule has 0 spiro atoms. The van der Waals surface area contributed by atoms with Crippen LogP contribution < -0.4 is 0 Å². The zero-order valence-corrected chi connectivity index (χ0v) is 7.88. The maximum atomic E-state index is 11.1. The van der Waals surface area contributed by atoms with E-state index in [1.165, 1.54) is 25.7 Å². The Morgan fingerprint density at radius 2 is 2.08 bits per heavy atom. The summed E-state index contributed by atoms with van der Waals surface area (Å²) in [6.07, 6.45) is 11.5. The normalized spacial score (nSPS) is 28.2. The van der Waals surface area contributed by atoms with Gasteiger partial charge in [0.05, 0.1) is 0 Å². The Bertz CT molecular complexity index is 170. The third kappa shape index (κ3) is 3.21. The monoisotopic (exact) mass is 166 g/mol. The fourth-order valence-corrected chi connectivity index (χ4v) is 1.70. The third-order valence-electron chi connectivity index (χ3n) is 2.59. The molecule has 1 unspecified atom stereocenters. The van der Waals surface area contributed by atoms with E-state index in [4.69, 9.17) is 0 Å². The molecule has 1 aliphatic carbocycles. The van der Waals surface area contributed by atoms with E-state index in [9.17, 15) is 4.79 Å². The van der Waals surface area contributed by atoms with Gasteiger partial charge in [-0.1, -0.05) is 25.0 Å². The van der Waals surface area contributed by atoms with Gasteiger partial charge in [-0.3, -0.25) is 4.79 Å². The molecule has 1 aliphatic rings. The molecule has 0 N–H and O–H groups in total. The van der Waals surface area contributed by atoms with Crippen LogP contribution in [0, 0.1) is 5.92 Å². The summed E-state index contributed by atoms with van der Waals surface area (Å²) in [4.78, 5) is 11.1. The first-order valence-corrected chi connectivity index (χ1v) is 4.96. The maximum absolute atomic E-state index is 11.1. The lowest BCUT2D eigenvalue weighted by atomic mass is 9.95. The second-order valence-electron chi connectivity index (χ2n) is 3.65. The molecule has 0 amide bonds. The molecular weight excluding hydrogens is 148 g/mol. The Labute approximate surface area is 74.9 Å². The van der Waals surface area contributed by atoms with Crippen LogP contribution in [0.2, 0.25) is 0 Å². The number of ketones is 1. The first-order valence-electron chi connectivity index (χ1n) is 4.96. The zero-order valence-electron chi connectivity index (χ0n) is 7.88. The Morgan fingerprint density at radius 1 is 1.25 bits per heavy atom. The van der Waals surface area contributed by atoms with E-state index in [0.29, 0.717) is 11.7 Å². The highest BCUT2D eigenvalue weighted by Crippen LogP contribution is 2.18. The van der Waals surface area contributed by atoms with Crippen molar-refractivity contribution in [1.82, 2.24) is 0 Å². The molecule has 0 saturated carbocycles. The molecule has 0 aliphatic heterocycles. The Morgan fingerprint density at radius 3 is 2.83 bits per heavy atom. The molecule has 0 bridgehead atoms. The summed E-state index contributed by atoms with van der Waals surface area (Å²) < 4.78 is 0. The van der Waals surface area contributed by atoms with Gasteiger partial charge in [0.25, 0.3) is 0 Å². The van der Waals surface area contributed by atoms with Gasteiger partial charge >= 0.3 is 0 Å². The number of hydrogen-bond acceptors (Lipinski definition) is 1. The highest BCUT2D eigenvalue weighted by atomic mass is 16.1. The van der Waals surface area contributed by atoms with Crippen LogP contribution in [0.25, 0.3) is 0 Å². The van der Waals surface area contributed by atoms with E-state index in [1.54, 1.807) is 6.92 Å². The van der Waals surface area contributed by atoms with Crippen molar-refractivity contribution in [3.8, 4) is 0 Å². The molecule has 0 radical (unpaired) electrons. The van der Waals surface area contributed by atoms with Crippen LogP contribution in [0.4, 0.5) is 0 Å². The molecule has 0 heterocycles. The van der Waals surface area contributed by atoms with Gasteiger partial charge in [0.2, 0.25) is 0 Å². The van der Waals surface area contributed by atoms with E-state index in [1.807, 2.05) is 0 Å². The molecule has 1 atom stereocenters. The fourth-order valence-electron chi connectivity index (χ4n) is 1.70. The van der Waals surface area contributed by atoms with Crippen LogP contribution in [0.1, 0.15) is 45.4 Å². The van der Waals surface area contributed by atoms with Crippen molar-refractivity contribution in [2.24, 2.45) is 5.92 Å². The van der Waals surface area contributed by atoms with Gasteiger partial charge in [0, 0.05) is 5.92 Å². The lowest BCUT2D eigenvalue weighted by Crippen LogP contribution is -2.09. The summed E-state index contributed by atoms with van der Waals surface area (Å²) in [5.74, 6) is 0.668. The lowest BCUT2D eigenvalue weighted by molar-refractivity contribution is -0.120. The van der Waals surface area contributed by atoms with Crippen molar-refractivity contribution in [2.75, 3.05) is 0 Å². The summed E-state index contributed by atoms with van der Waals surface area (Å²) in [6.45, 7) is 1.72. The van der Waals surface area contributed by atoms with Gasteiger partial charge in [-0.15, -0.1) is 0 Å². The van der Waals surface area contributed by atoms with Gasteiger partial charge in [0.15, 0.2) is 0 Å². The minimum absolute atomic E-state index is 0.305. The molecule has 1 nitrogen and oxygen atoms in total. The second kappa shape index (κ2) is 5.13. The zero-order chi connectivity index (χ0) is 8.81. The standard InChI is InChI=1S/C11H18O/c1-10(12)11-8-6-4-2-3-5-7-9-11/h4,6,11H,2-3,5,7-9H2,1H3/b6-4-. The van der Waals surface area contributed by atoms with Crippen LogP contribution in [-0.4, -0.2) is 5.78 Å². The van der Waals surface area contributed by atoms with Crippen molar-refractivity contribution >= 4 is 5.78 Å². The van der Waals surface area contributed by atoms with E-state index in [-0.39, 0.29) is 0 Å². The summed E-state index contributed by atoms with van der Waals surface area (Å²) in [6, 6.07) is 0. The van der Waals surface area contributed by atoms with Crippen molar-refractivity contribution in [3.05, 3.63) is 12.2 Å². The highest BCUT2D eigenvalue weighted by molar-refractivity contribution is 5.78. The number of allylic oxidation sites excluding steroid dienone is 2. The molecule has 68 valence electrons. The van der Waals surface area contributed by atoms with Crippen molar-refractivity contribution in [2.45, 2.75) is 45.4 Å². The number of Topliss-reactive ketones (excluding diaryl/α,β-unsaturated/α-hetero) is 1.